The zero-order chi connectivity index (χ0) is 13.8. The van der Waals surface area contributed by atoms with E-state index in [1.54, 1.807) is 11.1 Å². The Morgan fingerprint density at radius 3 is 2.95 bits per heavy atom. The summed E-state index contributed by atoms with van der Waals surface area (Å²) in [5.41, 5.74) is 3.20. The molecule has 1 aromatic rings. The third-order valence-electron chi connectivity index (χ3n) is 5.11. The molecule has 1 aliphatic carbocycles. The van der Waals surface area contributed by atoms with Crippen molar-refractivity contribution >= 4 is 0 Å². The molecular formula is C18H27NO. The molecule has 0 bridgehead atoms. The summed E-state index contributed by atoms with van der Waals surface area (Å²) in [6.45, 7) is 1.94. The van der Waals surface area contributed by atoms with Gasteiger partial charge in [0.05, 0.1) is 0 Å². The quantitative estimate of drug-likeness (QED) is 0.886. The van der Waals surface area contributed by atoms with Crippen molar-refractivity contribution in [1.82, 2.24) is 5.32 Å². The van der Waals surface area contributed by atoms with Gasteiger partial charge in [-0.1, -0.05) is 24.3 Å². The summed E-state index contributed by atoms with van der Waals surface area (Å²) in [5, 5.41) is 3.55. The van der Waals surface area contributed by atoms with Gasteiger partial charge >= 0.3 is 0 Å². The van der Waals surface area contributed by atoms with Crippen LogP contribution in [0.3, 0.4) is 0 Å². The molecule has 1 saturated heterocycles. The zero-order valence-corrected chi connectivity index (χ0v) is 12.6. The first-order valence-electron chi connectivity index (χ1n) is 8.19. The topological polar surface area (TPSA) is 21.3 Å². The number of aryl methyl sites for hydroxylation is 1. The Hall–Kier alpha value is -0.860. The van der Waals surface area contributed by atoms with Gasteiger partial charge in [-0.15, -0.1) is 0 Å². The van der Waals surface area contributed by atoms with Crippen LogP contribution in [0.1, 0.15) is 49.1 Å². The van der Waals surface area contributed by atoms with Crippen molar-refractivity contribution in [3.05, 3.63) is 35.4 Å². The van der Waals surface area contributed by atoms with Gasteiger partial charge in [-0.25, -0.2) is 0 Å². The average Bonchev–Trinajstić information content (AvgIpc) is 3.00. The van der Waals surface area contributed by atoms with Crippen molar-refractivity contribution in [3.8, 4) is 0 Å². The fourth-order valence-corrected chi connectivity index (χ4v) is 3.95. The summed E-state index contributed by atoms with van der Waals surface area (Å²) in [4.78, 5) is 0. The number of ether oxygens (including phenoxy) is 1. The Balaban J connectivity index is 1.64. The van der Waals surface area contributed by atoms with Crippen LogP contribution in [0.4, 0.5) is 0 Å². The van der Waals surface area contributed by atoms with E-state index in [0.717, 1.165) is 25.0 Å². The Morgan fingerprint density at radius 2 is 2.15 bits per heavy atom. The summed E-state index contributed by atoms with van der Waals surface area (Å²) in [6, 6.07) is 9.70. The van der Waals surface area contributed by atoms with Crippen molar-refractivity contribution in [2.24, 2.45) is 5.92 Å². The van der Waals surface area contributed by atoms with Gasteiger partial charge in [-0.05, 0) is 68.5 Å². The molecule has 110 valence electrons. The lowest BCUT2D eigenvalue weighted by atomic mass is 9.78. The second-order valence-corrected chi connectivity index (χ2v) is 6.47. The molecule has 2 nitrogen and oxygen atoms in total. The molecular weight excluding hydrogens is 246 g/mol. The van der Waals surface area contributed by atoms with Crippen molar-refractivity contribution in [1.29, 1.82) is 0 Å². The summed E-state index contributed by atoms with van der Waals surface area (Å²) in [6.07, 6.45) is 7.78. The minimum Gasteiger partial charge on any atom is -0.381 e. The van der Waals surface area contributed by atoms with Gasteiger partial charge < -0.3 is 10.1 Å². The van der Waals surface area contributed by atoms with Crippen molar-refractivity contribution < 1.29 is 4.74 Å². The van der Waals surface area contributed by atoms with Gasteiger partial charge in [0.2, 0.25) is 0 Å². The first-order valence-corrected chi connectivity index (χ1v) is 8.19. The molecule has 1 aliphatic heterocycles. The van der Waals surface area contributed by atoms with Crippen LogP contribution in [0.5, 0.6) is 0 Å². The number of hydrogen-bond acceptors (Lipinski definition) is 2. The highest BCUT2D eigenvalue weighted by Gasteiger charge is 2.25. The molecule has 20 heavy (non-hydrogen) atoms. The van der Waals surface area contributed by atoms with Crippen LogP contribution in [0.15, 0.2) is 24.3 Å². The van der Waals surface area contributed by atoms with Crippen molar-refractivity contribution in [2.45, 2.75) is 50.5 Å². The monoisotopic (exact) mass is 273 g/mol. The molecule has 1 N–H and O–H groups in total. The molecule has 3 atom stereocenters. The lowest BCUT2D eigenvalue weighted by molar-refractivity contribution is 0.180. The Kier molecular flexibility index (Phi) is 4.74. The maximum atomic E-state index is 5.52. The van der Waals surface area contributed by atoms with Crippen LogP contribution >= 0.6 is 0 Å². The van der Waals surface area contributed by atoms with Crippen LogP contribution in [0.25, 0.3) is 0 Å². The molecule has 2 aliphatic rings. The number of benzene rings is 1. The van der Waals surface area contributed by atoms with Gasteiger partial charge in [0.25, 0.3) is 0 Å². The summed E-state index contributed by atoms with van der Waals surface area (Å²) < 4.78 is 5.52. The highest BCUT2D eigenvalue weighted by molar-refractivity contribution is 5.32. The maximum absolute atomic E-state index is 5.52. The van der Waals surface area contributed by atoms with Gasteiger partial charge in [0.1, 0.15) is 0 Å². The third-order valence-corrected chi connectivity index (χ3v) is 5.11. The Bertz CT molecular complexity index is 425. The predicted octanol–water partition coefficient (Wildman–Crippen LogP) is 3.51. The van der Waals surface area contributed by atoms with E-state index in [-0.39, 0.29) is 0 Å². The summed E-state index contributed by atoms with van der Waals surface area (Å²) >= 11 is 0. The molecule has 0 radical (unpaired) electrons. The summed E-state index contributed by atoms with van der Waals surface area (Å²) in [7, 11) is 2.12. The molecule has 0 spiro atoms. The van der Waals surface area contributed by atoms with E-state index in [9.17, 15) is 0 Å². The fraction of sp³-hybridized carbons (Fsp3) is 0.667. The van der Waals surface area contributed by atoms with E-state index < -0.39 is 0 Å². The van der Waals surface area contributed by atoms with Gasteiger partial charge in [-0.2, -0.15) is 0 Å². The Labute approximate surface area is 122 Å². The largest absolute Gasteiger partial charge is 0.381 e. The van der Waals surface area contributed by atoms with Crippen LogP contribution in [0, 0.1) is 5.92 Å². The van der Waals surface area contributed by atoms with Gasteiger partial charge in [0, 0.05) is 19.3 Å². The van der Waals surface area contributed by atoms with E-state index in [1.807, 2.05) is 0 Å². The standard InChI is InChI=1S/C18H27NO/c1-19-17(11-14-9-10-20-13-14)12-16-7-4-6-15-5-2-3-8-18(15)16/h2-3,5,8,14,16-17,19H,4,6-7,9-13H2,1H3. The van der Waals surface area contributed by atoms with Gasteiger partial charge in [-0.3, -0.25) is 0 Å². The fourth-order valence-electron chi connectivity index (χ4n) is 3.95. The van der Waals surface area contributed by atoms with Gasteiger partial charge in [0.15, 0.2) is 0 Å². The molecule has 1 aromatic carbocycles. The predicted molar refractivity (Wildman–Crippen MR) is 83.1 cm³/mol. The molecule has 2 heteroatoms. The average molecular weight is 273 g/mol. The molecule has 0 aromatic heterocycles. The Morgan fingerprint density at radius 1 is 1.25 bits per heavy atom. The number of nitrogens with one attached hydrogen (secondary N) is 1. The molecule has 1 fully saturated rings. The first-order chi connectivity index (χ1) is 9.86. The van der Waals surface area contributed by atoms with Crippen LogP contribution < -0.4 is 5.32 Å². The molecule has 3 rings (SSSR count). The molecule has 3 unspecified atom stereocenters. The number of rotatable bonds is 5. The number of hydrogen-bond donors (Lipinski definition) is 1. The third kappa shape index (κ3) is 3.24. The minimum absolute atomic E-state index is 0.637. The van der Waals surface area contributed by atoms with Crippen LogP contribution in [0.2, 0.25) is 0 Å². The van der Waals surface area contributed by atoms with Crippen LogP contribution in [-0.2, 0) is 11.2 Å². The molecule has 0 saturated carbocycles. The number of fused-ring (bicyclic) bond motifs is 1. The van der Waals surface area contributed by atoms with E-state index in [1.165, 1.54) is 38.5 Å². The maximum Gasteiger partial charge on any atom is 0.0495 e. The van der Waals surface area contributed by atoms with Crippen molar-refractivity contribution in [3.63, 3.8) is 0 Å². The SMILES string of the molecule is CNC(CC1CCOC1)CC1CCCc2ccccc21. The lowest BCUT2D eigenvalue weighted by Crippen LogP contribution is -2.30. The van der Waals surface area contributed by atoms with Crippen molar-refractivity contribution in [2.75, 3.05) is 20.3 Å². The zero-order valence-electron chi connectivity index (χ0n) is 12.6. The summed E-state index contributed by atoms with van der Waals surface area (Å²) in [5.74, 6) is 1.52. The van der Waals surface area contributed by atoms with E-state index in [4.69, 9.17) is 4.74 Å². The second-order valence-electron chi connectivity index (χ2n) is 6.47. The minimum atomic E-state index is 0.637. The molecule has 0 amide bonds. The normalized spacial score (nSPS) is 27.2. The highest BCUT2D eigenvalue weighted by Crippen LogP contribution is 2.35. The molecule has 1 heterocycles. The first kappa shape index (κ1) is 14.1. The van der Waals surface area contributed by atoms with E-state index >= 15 is 0 Å². The second kappa shape index (κ2) is 6.73. The van der Waals surface area contributed by atoms with E-state index in [2.05, 4.69) is 36.6 Å². The lowest BCUT2D eigenvalue weighted by Gasteiger charge is -2.30. The van der Waals surface area contributed by atoms with E-state index in [0.29, 0.717) is 6.04 Å². The highest BCUT2D eigenvalue weighted by atomic mass is 16.5. The van der Waals surface area contributed by atoms with Crippen LogP contribution in [-0.4, -0.2) is 26.3 Å². The smallest absolute Gasteiger partial charge is 0.0495 e.